The predicted molar refractivity (Wildman–Crippen MR) is 72.5 cm³/mol. The lowest BCUT2D eigenvalue weighted by Gasteiger charge is -2.44. The standard InChI is InChI=1S/C15H22N2O/c1-2-4-14(5-3-1)12-17-9-6-15(7-10-17)13-16-8-11-18-15/h1-5,16H,6-13H2. The first-order valence-corrected chi connectivity index (χ1v) is 6.97. The number of hydrogen-bond donors (Lipinski definition) is 1. The van der Waals surface area contributed by atoms with E-state index >= 15 is 0 Å². The number of nitrogens with one attached hydrogen (secondary N) is 1. The van der Waals surface area contributed by atoms with E-state index in [1.807, 2.05) is 0 Å². The molecule has 0 bridgehead atoms. The minimum atomic E-state index is 0.130. The van der Waals surface area contributed by atoms with E-state index < -0.39 is 0 Å². The third-order valence-corrected chi connectivity index (χ3v) is 4.15. The highest BCUT2D eigenvalue weighted by Crippen LogP contribution is 2.28. The van der Waals surface area contributed by atoms with Crippen LogP contribution in [0.1, 0.15) is 18.4 Å². The largest absolute Gasteiger partial charge is 0.372 e. The van der Waals surface area contributed by atoms with Crippen LogP contribution in [0.25, 0.3) is 0 Å². The van der Waals surface area contributed by atoms with E-state index in [-0.39, 0.29) is 5.60 Å². The van der Waals surface area contributed by atoms with Gasteiger partial charge in [0.15, 0.2) is 0 Å². The molecular weight excluding hydrogens is 224 g/mol. The zero-order valence-electron chi connectivity index (χ0n) is 10.9. The van der Waals surface area contributed by atoms with Gasteiger partial charge in [0.05, 0.1) is 12.2 Å². The van der Waals surface area contributed by atoms with Gasteiger partial charge in [-0.2, -0.15) is 0 Å². The Labute approximate surface area is 109 Å². The Morgan fingerprint density at radius 3 is 2.61 bits per heavy atom. The Morgan fingerprint density at radius 2 is 1.94 bits per heavy atom. The summed E-state index contributed by atoms with van der Waals surface area (Å²) in [5, 5.41) is 3.47. The van der Waals surface area contributed by atoms with Crippen molar-refractivity contribution in [3.05, 3.63) is 35.9 Å². The van der Waals surface area contributed by atoms with Crippen LogP contribution in [0.15, 0.2) is 30.3 Å². The number of likely N-dealkylation sites (tertiary alicyclic amines) is 1. The fourth-order valence-electron chi connectivity index (χ4n) is 2.99. The Morgan fingerprint density at radius 1 is 1.17 bits per heavy atom. The first-order chi connectivity index (χ1) is 8.86. The fraction of sp³-hybridized carbons (Fsp3) is 0.600. The van der Waals surface area contributed by atoms with Crippen LogP contribution in [0, 0.1) is 0 Å². The van der Waals surface area contributed by atoms with Crippen molar-refractivity contribution in [2.75, 3.05) is 32.8 Å². The molecule has 2 fully saturated rings. The van der Waals surface area contributed by atoms with Crippen LogP contribution >= 0.6 is 0 Å². The van der Waals surface area contributed by atoms with Crippen LogP contribution in [0.3, 0.4) is 0 Å². The highest BCUT2D eigenvalue weighted by molar-refractivity contribution is 5.14. The molecule has 0 aromatic heterocycles. The minimum absolute atomic E-state index is 0.130. The topological polar surface area (TPSA) is 24.5 Å². The maximum absolute atomic E-state index is 6.02. The number of ether oxygens (including phenoxy) is 1. The van der Waals surface area contributed by atoms with E-state index in [1.165, 1.54) is 5.56 Å². The Balaban J connectivity index is 1.54. The summed E-state index contributed by atoms with van der Waals surface area (Å²) in [5.41, 5.74) is 1.54. The minimum Gasteiger partial charge on any atom is -0.372 e. The summed E-state index contributed by atoms with van der Waals surface area (Å²) >= 11 is 0. The zero-order chi connectivity index (χ0) is 12.3. The second kappa shape index (κ2) is 5.39. The molecule has 3 rings (SSSR count). The molecule has 0 saturated carbocycles. The lowest BCUT2D eigenvalue weighted by Crippen LogP contribution is -2.55. The van der Waals surface area contributed by atoms with Crippen molar-refractivity contribution in [2.45, 2.75) is 25.0 Å². The average Bonchev–Trinajstić information content (AvgIpc) is 2.44. The summed E-state index contributed by atoms with van der Waals surface area (Å²) < 4.78 is 6.02. The molecule has 0 atom stereocenters. The van der Waals surface area contributed by atoms with Crippen LogP contribution in [-0.4, -0.2) is 43.3 Å². The second-order valence-corrected chi connectivity index (χ2v) is 5.47. The summed E-state index contributed by atoms with van der Waals surface area (Å²) in [5.74, 6) is 0. The quantitative estimate of drug-likeness (QED) is 0.858. The first kappa shape index (κ1) is 12.2. The van der Waals surface area contributed by atoms with Gasteiger partial charge in [0.1, 0.15) is 0 Å². The van der Waals surface area contributed by atoms with Crippen LogP contribution in [0.2, 0.25) is 0 Å². The molecule has 1 spiro atoms. The van der Waals surface area contributed by atoms with E-state index in [0.717, 1.165) is 52.2 Å². The lowest BCUT2D eigenvalue weighted by molar-refractivity contribution is -0.100. The first-order valence-electron chi connectivity index (χ1n) is 6.97. The molecule has 1 N–H and O–H groups in total. The van der Waals surface area contributed by atoms with E-state index in [4.69, 9.17) is 4.74 Å². The van der Waals surface area contributed by atoms with Gasteiger partial charge in [-0.1, -0.05) is 30.3 Å². The predicted octanol–water partition coefficient (Wildman–Crippen LogP) is 1.64. The average molecular weight is 246 g/mol. The van der Waals surface area contributed by atoms with Gasteiger partial charge in [-0.25, -0.2) is 0 Å². The Hall–Kier alpha value is -0.900. The monoisotopic (exact) mass is 246 g/mol. The molecule has 1 aromatic rings. The number of piperidine rings is 1. The molecule has 3 heteroatoms. The third-order valence-electron chi connectivity index (χ3n) is 4.15. The molecule has 2 aliphatic rings. The highest BCUT2D eigenvalue weighted by atomic mass is 16.5. The van der Waals surface area contributed by atoms with Crippen molar-refractivity contribution in [3.63, 3.8) is 0 Å². The zero-order valence-corrected chi connectivity index (χ0v) is 10.9. The maximum atomic E-state index is 6.02. The highest BCUT2D eigenvalue weighted by Gasteiger charge is 2.36. The summed E-state index contributed by atoms with van der Waals surface area (Å²) in [6, 6.07) is 10.7. The molecule has 0 unspecified atom stereocenters. The van der Waals surface area contributed by atoms with E-state index in [2.05, 4.69) is 40.5 Å². The van der Waals surface area contributed by atoms with Crippen molar-refractivity contribution < 1.29 is 4.74 Å². The molecular formula is C15H22N2O. The SMILES string of the molecule is c1ccc(CN2CCC3(CC2)CNCCO3)cc1. The number of hydrogen-bond acceptors (Lipinski definition) is 3. The van der Waals surface area contributed by atoms with E-state index in [9.17, 15) is 0 Å². The molecule has 18 heavy (non-hydrogen) atoms. The normalized spacial score (nSPS) is 24.2. The summed E-state index contributed by atoms with van der Waals surface area (Å²) in [4.78, 5) is 2.54. The van der Waals surface area contributed by atoms with Gasteiger partial charge in [-0.3, -0.25) is 4.90 Å². The van der Waals surface area contributed by atoms with Gasteiger partial charge in [-0.05, 0) is 18.4 Å². The van der Waals surface area contributed by atoms with Crippen LogP contribution in [0.4, 0.5) is 0 Å². The van der Waals surface area contributed by atoms with Crippen molar-refractivity contribution >= 4 is 0 Å². The number of rotatable bonds is 2. The van der Waals surface area contributed by atoms with E-state index in [1.54, 1.807) is 0 Å². The van der Waals surface area contributed by atoms with Gasteiger partial charge in [-0.15, -0.1) is 0 Å². The van der Waals surface area contributed by atoms with Crippen molar-refractivity contribution in [1.29, 1.82) is 0 Å². The van der Waals surface area contributed by atoms with Gasteiger partial charge in [0, 0.05) is 32.7 Å². The van der Waals surface area contributed by atoms with Crippen molar-refractivity contribution in [3.8, 4) is 0 Å². The second-order valence-electron chi connectivity index (χ2n) is 5.47. The molecule has 2 aliphatic heterocycles. The van der Waals surface area contributed by atoms with Crippen LogP contribution < -0.4 is 5.32 Å². The Kier molecular flexibility index (Phi) is 3.64. The smallest absolute Gasteiger partial charge is 0.0831 e. The molecule has 2 saturated heterocycles. The van der Waals surface area contributed by atoms with Crippen LogP contribution in [-0.2, 0) is 11.3 Å². The molecule has 98 valence electrons. The van der Waals surface area contributed by atoms with Crippen LogP contribution in [0.5, 0.6) is 0 Å². The number of morpholine rings is 1. The summed E-state index contributed by atoms with van der Waals surface area (Å²) in [7, 11) is 0. The number of benzene rings is 1. The molecule has 0 aliphatic carbocycles. The molecule has 3 nitrogen and oxygen atoms in total. The summed E-state index contributed by atoms with van der Waals surface area (Å²) in [6.07, 6.45) is 2.32. The van der Waals surface area contributed by atoms with E-state index in [0.29, 0.717) is 0 Å². The Bertz CT molecular complexity index is 363. The van der Waals surface area contributed by atoms with Gasteiger partial charge in [0.2, 0.25) is 0 Å². The number of nitrogens with zero attached hydrogens (tertiary/aromatic N) is 1. The molecule has 1 aromatic carbocycles. The fourth-order valence-corrected chi connectivity index (χ4v) is 2.99. The maximum Gasteiger partial charge on any atom is 0.0831 e. The summed E-state index contributed by atoms with van der Waals surface area (Å²) in [6.45, 7) is 6.29. The van der Waals surface area contributed by atoms with Gasteiger partial charge < -0.3 is 10.1 Å². The third kappa shape index (κ3) is 2.74. The molecule has 0 radical (unpaired) electrons. The molecule has 0 amide bonds. The lowest BCUT2D eigenvalue weighted by atomic mass is 9.90. The van der Waals surface area contributed by atoms with Gasteiger partial charge >= 0.3 is 0 Å². The van der Waals surface area contributed by atoms with Crippen molar-refractivity contribution in [1.82, 2.24) is 10.2 Å². The van der Waals surface area contributed by atoms with Crippen molar-refractivity contribution in [2.24, 2.45) is 0 Å². The van der Waals surface area contributed by atoms with Gasteiger partial charge in [0.25, 0.3) is 0 Å². The molecule has 2 heterocycles.